The number of fused-ring (bicyclic) bond motifs is 1. The highest BCUT2D eigenvalue weighted by molar-refractivity contribution is 5.78. The number of benzene rings is 1. The van der Waals surface area contributed by atoms with Crippen LogP contribution in [-0.4, -0.2) is 30.4 Å². The number of nitrogens with zero attached hydrogens (tertiary/aromatic N) is 1. The fourth-order valence-electron chi connectivity index (χ4n) is 3.06. The Morgan fingerprint density at radius 2 is 2.06 bits per heavy atom. The van der Waals surface area contributed by atoms with Gasteiger partial charge in [-0.2, -0.15) is 0 Å². The van der Waals surface area contributed by atoms with Gasteiger partial charge >= 0.3 is 0 Å². The number of likely N-dealkylation sites (tertiary alicyclic amines) is 1. The Morgan fingerprint density at radius 3 is 2.89 bits per heavy atom. The Morgan fingerprint density at radius 1 is 1.28 bits per heavy atom. The zero-order valence-corrected chi connectivity index (χ0v) is 10.7. The minimum atomic E-state index is 0.261. The molecule has 0 spiro atoms. The lowest BCUT2D eigenvalue weighted by Crippen LogP contribution is -2.37. The summed E-state index contributed by atoms with van der Waals surface area (Å²) in [7, 11) is 0. The molecule has 3 rings (SSSR count). The van der Waals surface area contributed by atoms with Crippen molar-refractivity contribution in [1.29, 1.82) is 0 Å². The first-order valence-electron chi connectivity index (χ1n) is 6.93. The van der Waals surface area contributed by atoms with E-state index in [1.165, 1.54) is 11.1 Å². The largest absolute Gasteiger partial charge is 0.342 e. The van der Waals surface area contributed by atoms with Crippen LogP contribution in [0.2, 0.25) is 0 Å². The van der Waals surface area contributed by atoms with Gasteiger partial charge in [-0.25, -0.2) is 0 Å². The van der Waals surface area contributed by atoms with Gasteiger partial charge in [0.15, 0.2) is 0 Å². The van der Waals surface area contributed by atoms with Crippen molar-refractivity contribution < 1.29 is 4.79 Å². The quantitative estimate of drug-likeness (QED) is 0.880. The summed E-state index contributed by atoms with van der Waals surface area (Å²) < 4.78 is 0. The molecule has 2 aliphatic rings. The fraction of sp³-hybridized carbons (Fsp3) is 0.533. The van der Waals surface area contributed by atoms with E-state index in [1.807, 2.05) is 4.90 Å². The highest BCUT2D eigenvalue weighted by Crippen LogP contribution is 2.30. The monoisotopic (exact) mass is 244 g/mol. The summed E-state index contributed by atoms with van der Waals surface area (Å²) >= 11 is 0. The molecule has 0 radical (unpaired) electrons. The molecule has 0 saturated carbocycles. The van der Waals surface area contributed by atoms with Crippen molar-refractivity contribution in [2.45, 2.75) is 31.7 Å². The molecule has 1 saturated heterocycles. The lowest BCUT2D eigenvalue weighted by atomic mass is 10.1. The molecule has 1 aromatic rings. The molecule has 1 amide bonds. The number of aryl methyl sites for hydroxylation is 1. The predicted octanol–water partition coefficient (Wildman–Crippen LogP) is 1.89. The predicted molar refractivity (Wildman–Crippen MR) is 71.3 cm³/mol. The summed E-state index contributed by atoms with van der Waals surface area (Å²) in [6.07, 6.45) is 4.58. The van der Waals surface area contributed by atoms with Gasteiger partial charge in [-0.3, -0.25) is 4.79 Å². The second-order valence-electron chi connectivity index (χ2n) is 5.26. The van der Waals surface area contributed by atoms with Crippen LogP contribution in [0, 0.1) is 0 Å². The standard InChI is InChI=1S/C15H20N2O/c18-15(17-9-3-4-10-17)11-16-14-8-7-12-5-1-2-6-13(12)14/h1-2,5-6,14,16H,3-4,7-11H2. The number of hydrogen-bond donors (Lipinski definition) is 1. The van der Waals surface area contributed by atoms with Crippen molar-refractivity contribution >= 4 is 5.91 Å². The molecule has 3 nitrogen and oxygen atoms in total. The molecule has 3 heteroatoms. The maximum atomic E-state index is 12.0. The van der Waals surface area contributed by atoms with E-state index in [-0.39, 0.29) is 5.91 Å². The van der Waals surface area contributed by atoms with E-state index < -0.39 is 0 Å². The maximum Gasteiger partial charge on any atom is 0.236 e. The third-order valence-electron chi connectivity index (χ3n) is 4.09. The van der Waals surface area contributed by atoms with Crippen molar-refractivity contribution in [2.75, 3.05) is 19.6 Å². The first-order chi connectivity index (χ1) is 8.84. The zero-order chi connectivity index (χ0) is 12.4. The van der Waals surface area contributed by atoms with Gasteiger partial charge in [-0.1, -0.05) is 24.3 Å². The van der Waals surface area contributed by atoms with E-state index in [0.717, 1.165) is 38.8 Å². The van der Waals surface area contributed by atoms with Crippen LogP contribution in [0.1, 0.15) is 36.4 Å². The van der Waals surface area contributed by atoms with Crippen molar-refractivity contribution in [1.82, 2.24) is 10.2 Å². The third-order valence-corrected chi connectivity index (χ3v) is 4.09. The van der Waals surface area contributed by atoms with Crippen LogP contribution < -0.4 is 5.32 Å². The average molecular weight is 244 g/mol. The summed E-state index contributed by atoms with van der Waals surface area (Å²) in [6, 6.07) is 8.92. The molecule has 0 bridgehead atoms. The molecule has 18 heavy (non-hydrogen) atoms. The second kappa shape index (κ2) is 5.11. The number of amides is 1. The molecule has 1 aromatic carbocycles. The second-order valence-corrected chi connectivity index (χ2v) is 5.26. The summed E-state index contributed by atoms with van der Waals surface area (Å²) in [5.41, 5.74) is 2.82. The number of carbonyl (C=O) groups excluding carboxylic acids is 1. The van der Waals surface area contributed by atoms with Gasteiger partial charge in [-0.05, 0) is 36.8 Å². The summed E-state index contributed by atoms with van der Waals surface area (Å²) in [5, 5.41) is 3.42. The van der Waals surface area contributed by atoms with Crippen molar-refractivity contribution in [3.8, 4) is 0 Å². The van der Waals surface area contributed by atoms with Gasteiger partial charge in [0, 0.05) is 19.1 Å². The Bertz CT molecular complexity index is 438. The van der Waals surface area contributed by atoms with Crippen molar-refractivity contribution in [2.24, 2.45) is 0 Å². The molecule has 0 aromatic heterocycles. The average Bonchev–Trinajstić information content (AvgIpc) is 3.06. The Hall–Kier alpha value is -1.35. The van der Waals surface area contributed by atoms with E-state index in [0.29, 0.717) is 12.6 Å². The van der Waals surface area contributed by atoms with Gasteiger partial charge in [0.1, 0.15) is 0 Å². The lowest BCUT2D eigenvalue weighted by Gasteiger charge is -2.18. The SMILES string of the molecule is O=C(CNC1CCc2ccccc21)N1CCCC1. The summed E-state index contributed by atoms with van der Waals surface area (Å²) in [5.74, 6) is 0.261. The number of nitrogens with one attached hydrogen (secondary N) is 1. The van der Waals surface area contributed by atoms with Crippen LogP contribution >= 0.6 is 0 Å². The number of carbonyl (C=O) groups is 1. The van der Waals surface area contributed by atoms with Crippen molar-refractivity contribution in [3.05, 3.63) is 35.4 Å². The Balaban J connectivity index is 1.57. The van der Waals surface area contributed by atoms with Gasteiger partial charge in [0.05, 0.1) is 6.54 Å². The maximum absolute atomic E-state index is 12.0. The van der Waals surface area contributed by atoms with Crippen LogP contribution in [0.4, 0.5) is 0 Å². The smallest absolute Gasteiger partial charge is 0.236 e. The molecule has 1 N–H and O–H groups in total. The topological polar surface area (TPSA) is 32.3 Å². The van der Waals surface area contributed by atoms with E-state index in [4.69, 9.17) is 0 Å². The van der Waals surface area contributed by atoms with E-state index >= 15 is 0 Å². The normalized spacial score (nSPS) is 22.2. The molecular formula is C15H20N2O. The zero-order valence-electron chi connectivity index (χ0n) is 10.7. The fourth-order valence-corrected chi connectivity index (χ4v) is 3.06. The Kier molecular flexibility index (Phi) is 3.33. The van der Waals surface area contributed by atoms with E-state index in [9.17, 15) is 4.79 Å². The molecular weight excluding hydrogens is 224 g/mol. The van der Waals surface area contributed by atoms with Crippen LogP contribution in [0.3, 0.4) is 0 Å². The highest BCUT2D eigenvalue weighted by atomic mass is 16.2. The number of hydrogen-bond acceptors (Lipinski definition) is 2. The van der Waals surface area contributed by atoms with Crippen LogP contribution in [0.15, 0.2) is 24.3 Å². The highest BCUT2D eigenvalue weighted by Gasteiger charge is 2.23. The Labute approximate surface area is 108 Å². The molecule has 1 unspecified atom stereocenters. The summed E-state index contributed by atoms with van der Waals surface area (Å²) in [4.78, 5) is 14.0. The minimum Gasteiger partial charge on any atom is -0.342 e. The first-order valence-corrected chi connectivity index (χ1v) is 6.93. The summed E-state index contributed by atoms with van der Waals surface area (Å²) in [6.45, 7) is 2.38. The van der Waals surface area contributed by atoms with E-state index in [2.05, 4.69) is 29.6 Å². The lowest BCUT2D eigenvalue weighted by molar-refractivity contribution is -0.129. The van der Waals surface area contributed by atoms with Crippen LogP contribution in [0.25, 0.3) is 0 Å². The molecule has 1 aliphatic heterocycles. The van der Waals surface area contributed by atoms with Crippen molar-refractivity contribution in [3.63, 3.8) is 0 Å². The first kappa shape index (κ1) is 11.7. The van der Waals surface area contributed by atoms with Gasteiger partial charge < -0.3 is 10.2 Å². The molecule has 1 atom stereocenters. The van der Waals surface area contributed by atoms with Gasteiger partial charge in [0.25, 0.3) is 0 Å². The molecule has 1 heterocycles. The molecule has 1 fully saturated rings. The van der Waals surface area contributed by atoms with E-state index in [1.54, 1.807) is 0 Å². The molecule has 1 aliphatic carbocycles. The van der Waals surface area contributed by atoms with Gasteiger partial charge in [0.2, 0.25) is 5.91 Å². The van der Waals surface area contributed by atoms with Crippen LogP contribution in [-0.2, 0) is 11.2 Å². The van der Waals surface area contributed by atoms with Gasteiger partial charge in [-0.15, -0.1) is 0 Å². The molecule has 96 valence electrons. The minimum absolute atomic E-state index is 0.261. The van der Waals surface area contributed by atoms with Crippen LogP contribution in [0.5, 0.6) is 0 Å². The number of rotatable bonds is 3. The third kappa shape index (κ3) is 2.27.